The number of rotatable bonds is 3. The molecule has 3 nitrogen and oxygen atoms in total. The molecular weight excluding hydrogens is 162 g/mol. The number of likely N-dealkylation sites (N-methyl/N-ethyl adjacent to an activating group) is 1. The van der Waals surface area contributed by atoms with Crippen molar-refractivity contribution in [3.05, 3.63) is 18.0 Å². The third-order valence-corrected chi connectivity index (χ3v) is 1.99. The summed E-state index contributed by atoms with van der Waals surface area (Å²) in [6, 6.07) is 0. The van der Waals surface area contributed by atoms with Gasteiger partial charge in [0.2, 0.25) is 0 Å². The molecule has 0 unspecified atom stereocenters. The summed E-state index contributed by atoms with van der Waals surface area (Å²) in [6.45, 7) is 7.47. The van der Waals surface area contributed by atoms with Crippen LogP contribution in [-0.4, -0.2) is 23.4 Å². The Morgan fingerprint density at radius 3 is 2.62 bits per heavy atom. The zero-order chi connectivity index (χ0) is 9.90. The molecular formula is C10H19N3. The first-order valence-electron chi connectivity index (χ1n) is 4.72. The van der Waals surface area contributed by atoms with Gasteiger partial charge in [0.25, 0.3) is 0 Å². The van der Waals surface area contributed by atoms with Gasteiger partial charge in [-0.3, -0.25) is 4.68 Å². The van der Waals surface area contributed by atoms with E-state index in [1.54, 1.807) is 0 Å². The summed E-state index contributed by atoms with van der Waals surface area (Å²) in [7, 11) is 1.97. The minimum Gasteiger partial charge on any atom is -0.319 e. The minimum atomic E-state index is 0.0951. The van der Waals surface area contributed by atoms with Crippen molar-refractivity contribution in [1.29, 1.82) is 0 Å². The van der Waals surface area contributed by atoms with Crippen LogP contribution >= 0.6 is 0 Å². The predicted octanol–water partition coefficient (Wildman–Crippen LogP) is 1.40. The van der Waals surface area contributed by atoms with E-state index < -0.39 is 0 Å². The quantitative estimate of drug-likeness (QED) is 0.764. The van der Waals surface area contributed by atoms with Crippen LogP contribution in [0.25, 0.3) is 0 Å². The zero-order valence-electron chi connectivity index (χ0n) is 8.96. The molecule has 0 spiro atoms. The standard InChI is InChI=1S/C10H19N3/c1-10(2,3)13-8-9(7-12-13)5-6-11-4/h7-8,11H,5-6H2,1-4H3. The Bertz CT molecular complexity index is 257. The van der Waals surface area contributed by atoms with Crippen LogP contribution in [-0.2, 0) is 12.0 Å². The van der Waals surface area contributed by atoms with Gasteiger partial charge in [-0.15, -0.1) is 0 Å². The topological polar surface area (TPSA) is 29.9 Å². The summed E-state index contributed by atoms with van der Waals surface area (Å²) in [4.78, 5) is 0. The van der Waals surface area contributed by atoms with Gasteiger partial charge < -0.3 is 5.32 Å². The lowest BCUT2D eigenvalue weighted by Gasteiger charge is -2.18. The number of aromatic nitrogens is 2. The lowest BCUT2D eigenvalue weighted by atomic mass is 10.1. The summed E-state index contributed by atoms with van der Waals surface area (Å²) in [5, 5.41) is 7.46. The van der Waals surface area contributed by atoms with Gasteiger partial charge >= 0.3 is 0 Å². The molecule has 0 bridgehead atoms. The molecule has 0 aliphatic heterocycles. The third-order valence-electron chi connectivity index (χ3n) is 1.99. The molecule has 0 fully saturated rings. The third kappa shape index (κ3) is 2.84. The van der Waals surface area contributed by atoms with E-state index in [2.05, 4.69) is 37.4 Å². The van der Waals surface area contributed by atoms with Crippen LogP contribution in [0.5, 0.6) is 0 Å². The molecule has 0 atom stereocenters. The second kappa shape index (κ2) is 3.92. The highest BCUT2D eigenvalue weighted by molar-refractivity contribution is 5.05. The number of nitrogens with one attached hydrogen (secondary N) is 1. The van der Waals surface area contributed by atoms with Gasteiger partial charge in [0, 0.05) is 6.20 Å². The molecule has 13 heavy (non-hydrogen) atoms. The molecule has 0 radical (unpaired) electrons. The second-order valence-electron chi connectivity index (χ2n) is 4.32. The maximum Gasteiger partial charge on any atom is 0.0543 e. The summed E-state index contributed by atoms with van der Waals surface area (Å²) in [5.74, 6) is 0. The Morgan fingerprint density at radius 2 is 2.15 bits per heavy atom. The fraction of sp³-hybridized carbons (Fsp3) is 0.700. The first-order valence-corrected chi connectivity index (χ1v) is 4.72. The molecule has 1 N–H and O–H groups in total. The molecule has 0 saturated carbocycles. The van der Waals surface area contributed by atoms with E-state index in [9.17, 15) is 0 Å². The van der Waals surface area contributed by atoms with Crippen LogP contribution in [0.1, 0.15) is 26.3 Å². The zero-order valence-corrected chi connectivity index (χ0v) is 8.96. The molecule has 1 heterocycles. The average Bonchev–Trinajstić information content (AvgIpc) is 2.47. The van der Waals surface area contributed by atoms with Crippen molar-refractivity contribution < 1.29 is 0 Å². The van der Waals surface area contributed by atoms with Gasteiger partial charge in [0.15, 0.2) is 0 Å². The smallest absolute Gasteiger partial charge is 0.0543 e. The SMILES string of the molecule is CNCCc1cnn(C(C)(C)C)c1. The van der Waals surface area contributed by atoms with E-state index in [1.807, 2.05) is 17.9 Å². The van der Waals surface area contributed by atoms with Crippen LogP contribution in [0.3, 0.4) is 0 Å². The molecule has 0 amide bonds. The van der Waals surface area contributed by atoms with Crippen molar-refractivity contribution in [3.8, 4) is 0 Å². The van der Waals surface area contributed by atoms with E-state index in [0.717, 1.165) is 13.0 Å². The van der Waals surface area contributed by atoms with Crippen molar-refractivity contribution in [2.45, 2.75) is 32.7 Å². The molecule has 1 aromatic heterocycles. The van der Waals surface area contributed by atoms with Crippen LogP contribution in [0.2, 0.25) is 0 Å². The van der Waals surface area contributed by atoms with E-state index in [0.29, 0.717) is 0 Å². The van der Waals surface area contributed by atoms with Gasteiger partial charge in [0.05, 0.1) is 11.7 Å². The highest BCUT2D eigenvalue weighted by Crippen LogP contribution is 2.13. The van der Waals surface area contributed by atoms with Crippen LogP contribution in [0.4, 0.5) is 0 Å². The van der Waals surface area contributed by atoms with E-state index >= 15 is 0 Å². The van der Waals surface area contributed by atoms with Gasteiger partial charge in [-0.25, -0.2) is 0 Å². The first kappa shape index (κ1) is 10.3. The Kier molecular flexibility index (Phi) is 3.09. The molecule has 0 saturated heterocycles. The van der Waals surface area contributed by atoms with Crippen molar-refractivity contribution in [3.63, 3.8) is 0 Å². The number of hydrogen-bond donors (Lipinski definition) is 1. The molecule has 1 rings (SSSR count). The van der Waals surface area contributed by atoms with Crippen molar-refractivity contribution in [1.82, 2.24) is 15.1 Å². The summed E-state index contributed by atoms with van der Waals surface area (Å²) in [5.41, 5.74) is 1.39. The van der Waals surface area contributed by atoms with E-state index in [4.69, 9.17) is 0 Å². The predicted molar refractivity (Wildman–Crippen MR) is 54.9 cm³/mol. The van der Waals surface area contributed by atoms with Crippen molar-refractivity contribution >= 4 is 0 Å². The van der Waals surface area contributed by atoms with Gasteiger partial charge in [0.1, 0.15) is 0 Å². The first-order chi connectivity index (χ1) is 6.04. The van der Waals surface area contributed by atoms with Crippen LogP contribution in [0.15, 0.2) is 12.4 Å². The number of nitrogens with zero attached hydrogens (tertiary/aromatic N) is 2. The Balaban J connectivity index is 2.64. The van der Waals surface area contributed by atoms with Gasteiger partial charge in [-0.1, -0.05) is 0 Å². The molecule has 3 heteroatoms. The largest absolute Gasteiger partial charge is 0.319 e. The fourth-order valence-electron chi connectivity index (χ4n) is 1.13. The summed E-state index contributed by atoms with van der Waals surface area (Å²) < 4.78 is 2.01. The normalized spacial score (nSPS) is 12.0. The maximum absolute atomic E-state index is 4.33. The Labute approximate surface area is 80.1 Å². The summed E-state index contributed by atoms with van der Waals surface area (Å²) in [6.07, 6.45) is 5.12. The molecule has 74 valence electrons. The number of hydrogen-bond acceptors (Lipinski definition) is 2. The molecule has 0 aliphatic carbocycles. The summed E-state index contributed by atoms with van der Waals surface area (Å²) >= 11 is 0. The second-order valence-corrected chi connectivity index (χ2v) is 4.32. The minimum absolute atomic E-state index is 0.0951. The Hall–Kier alpha value is -0.830. The van der Waals surface area contributed by atoms with Gasteiger partial charge in [-0.2, -0.15) is 5.10 Å². The van der Waals surface area contributed by atoms with Gasteiger partial charge in [-0.05, 0) is 46.3 Å². The van der Waals surface area contributed by atoms with Crippen LogP contribution < -0.4 is 5.32 Å². The molecule has 0 aliphatic rings. The lowest BCUT2D eigenvalue weighted by Crippen LogP contribution is -2.22. The lowest BCUT2D eigenvalue weighted by molar-refractivity contribution is 0.355. The molecule has 1 aromatic rings. The van der Waals surface area contributed by atoms with Crippen LogP contribution in [0, 0.1) is 0 Å². The maximum atomic E-state index is 4.33. The van der Waals surface area contributed by atoms with Crippen molar-refractivity contribution in [2.24, 2.45) is 0 Å². The Morgan fingerprint density at radius 1 is 1.46 bits per heavy atom. The van der Waals surface area contributed by atoms with E-state index in [1.165, 1.54) is 5.56 Å². The highest BCUT2D eigenvalue weighted by atomic mass is 15.3. The fourth-order valence-corrected chi connectivity index (χ4v) is 1.13. The molecule has 0 aromatic carbocycles. The average molecular weight is 181 g/mol. The highest BCUT2D eigenvalue weighted by Gasteiger charge is 2.13. The monoisotopic (exact) mass is 181 g/mol. The van der Waals surface area contributed by atoms with Crippen molar-refractivity contribution in [2.75, 3.05) is 13.6 Å². The van der Waals surface area contributed by atoms with E-state index in [-0.39, 0.29) is 5.54 Å².